The normalized spacial score (nSPS) is 11.8. The van der Waals surface area contributed by atoms with E-state index in [1.807, 2.05) is 52.1 Å². The Morgan fingerprint density at radius 2 is 1.78 bits per heavy atom. The van der Waals surface area contributed by atoms with Gasteiger partial charge in [0.25, 0.3) is 11.8 Å². The minimum Gasteiger partial charge on any atom is -0.388 e. The smallest absolute Gasteiger partial charge is 0.388 e. The largest absolute Gasteiger partial charge is 0.414 e. The number of amides is 2. The first-order valence-electron chi connectivity index (χ1n) is 11.8. The van der Waals surface area contributed by atoms with Crippen molar-refractivity contribution >= 4 is 29.4 Å². The maximum absolute atomic E-state index is 13.2. The van der Waals surface area contributed by atoms with Gasteiger partial charge in [-0.05, 0) is 59.4 Å². The van der Waals surface area contributed by atoms with Crippen LogP contribution in [-0.2, 0) is 5.41 Å². The van der Waals surface area contributed by atoms with Crippen LogP contribution in [0.2, 0.25) is 0 Å². The van der Waals surface area contributed by atoms with Crippen molar-refractivity contribution in [2.24, 2.45) is 5.41 Å². The van der Waals surface area contributed by atoms with E-state index in [1.165, 1.54) is 10.9 Å². The molecule has 0 aliphatic carbocycles. The van der Waals surface area contributed by atoms with Crippen LogP contribution in [0, 0.1) is 12.3 Å². The number of benzene rings is 2. The van der Waals surface area contributed by atoms with E-state index in [-0.39, 0.29) is 22.6 Å². The fraction of sp³-hybridized carbons (Fsp3) is 0.407. The first-order valence-corrected chi connectivity index (χ1v) is 13.0. The SMILES string of the molecule is CSc1ccc(C(C)(C)C)cc1NC(=O)c1ccc(C)c(-n2cc(OC(=O)NCC(C)(C)C)nn2)c1. The van der Waals surface area contributed by atoms with Gasteiger partial charge in [0.2, 0.25) is 0 Å². The summed E-state index contributed by atoms with van der Waals surface area (Å²) in [6.07, 6.45) is 2.91. The molecule has 3 aromatic rings. The van der Waals surface area contributed by atoms with Crippen molar-refractivity contribution in [3.05, 3.63) is 59.3 Å². The van der Waals surface area contributed by atoms with E-state index in [4.69, 9.17) is 4.74 Å². The van der Waals surface area contributed by atoms with Gasteiger partial charge in [0.05, 0.1) is 17.6 Å². The molecule has 0 bridgehead atoms. The van der Waals surface area contributed by atoms with Crippen molar-refractivity contribution in [3.8, 4) is 11.6 Å². The number of rotatable bonds is 6. The number of thioether (sulfide) groups is 1. The first-order chi connectivity index (χ1) is 16.8. The molecule has 0 atom stereocenters. The van der Waals surface area contributed by atoms with Crippen LogP contribution in [0.4, 0.5) is 10.5 Å². The number of nitrogens with one attached hydrogen (secondary N) is 2. The van der Waals surface area contributed by atoms with Crippen molar-refractivity contribution in [1.29, 1.82) is 0 Å². The maximum Gasteiger partial charge on any atom is 0.414 e. The molecule has 8 nitrogen and oxygen atoms in total. The third-order valence-corrected chi connectivity index (χ3v) is 6.26. The molecule has 0 unspecified atom stereocenters. The van der Waals surface area contributed by atoms with Crippen molar-refractivity contribution < 1.29 is 14.3 Å². The number of aryl methyl sites for hydroxylation is 1. The molecule has 3 rings (SSSR count). The number of ether oxygens (including phenoxy) is 1. The van der Waals surface area contributed by atoms with Gasteiger partial charge < -0.3 is 15.4 Å². The topological polar surface area (TPSA) is 98.1 Å². The summed E-state index contributed by atoms with van der Waals surface area (Å²) in [6.45, 7) is 14.8. The summed E-state index contributed by atoms with van der Waals surface area (Å²) in [5.74, 6) is -0.157. The van der Waals surface area contributed by atoms with E-state index < -0.39 is 6.09 Å². The Balaban J connectivity index is 1.80. The zero-order chi connectivity index (χ0) is 26.7. The van der Waals surface area contributed by atoms with Gasteiger partial charge in [-0.1, -0.05) is 64.0 Å². The molecule has 9 heteroatoms. The number of aromatic nitrogens is 3. The Hall–Kier alpha value is -3.33. The minimum atomic E-state index is -0.594. The molecule has 2 N–H and O–H groups in total. The summed E-state index contributed by atoms with van der Waals surface area (Å²) in [5.41, 5.74) is 3.84. The van der Waals surface area contributed by atoms with Gasteiger partial charge in [-0.2, -0.15) is 0 Å². The van der Waals surface area contributed by atoms with Crippen LogP contribution in [0.5, 0.6) is 5.88 Å². The Morgan fingerprint density at radius 1 is 1.06 bits per heavy atom. The van der Waals surface area contributed by atoms with E-state index >= 15 is 0 Å². The molecule has 0 radical (unpaired) electrons. The average molecular weight is 510 g/mol. The van der Waals surface area contributed by atoms with Crippen LogP contribution in [-0.4, -0.2) is 39.8 Å². The van der Waals surface area contributed by atoms with Crippen molar-refractivity contribution in [2.45, 2.75) is 58.8 Å². The number of carbonyl (C=O) groups is 2. The Morgan fingerprint density at radius 3 is 2.42 bits per heavy atom. The molecule has 0 saturated carbocycles. The Kier molecular flexibility index (Phi) is 8.13. The molecule has 0 aliphatic heterocycles. The molecular formula is C27H35N5O3S. The summed E-state index contributed by atoms with van der Waals surface area (Å²) in [6, 6.07) is 11.5. The molecule has 1 heterocycles. The fourth-order valence-corrected chi connectivity index (χ4v) is 3.88. The van der Waals surface area contributed by atoms with Gasteiger partial charge in [-0.15, -0.1) is 11.8 Å². The lowest BCUT2D eigenvalue weighted by atomic mass is 9.87. The zero-order valence-corrected chi connectivity index (χ0v) is 23.0. The molecular weight excluding hydrogens is 474 g/mol. The standard InChI is InChI=1S/C27H35N5O3S/c1-17-9-10-18(24(33)29-20-14-19(27(5,6)7)11-12-22(20)36-8)13-21(17)32-15-23(30-31-32)35-25(34)28-16-26(2,3)4/h9-15H,16H2,1-8H3,(H,28,34)(H,29,33). The van der Waals surface area contributed by atoms with Crippen molar-refractivity contribution in [2.75, 3.05) is 18.1 Å². The maximum atomic E-state index is 13.2. The lowest BCUT2D eigenvalue weighted by Gasteiger charge is -2.21. The lowest BCUT2D eigenvalue weighted by molar-refractivity contribution is 0.102. The van der Waals surface area contributed by atoms with E-state index in [0.29, 0.717) is 17.8 Å². The molecule has 0 saturated heterocycles. The molecule has 2 amide bonds. The molecule has 0 fully saturated rings. The molecule has 2 aromatic carbocycles. The van der Waals surface area contributed by atoms with Crippen LogP contribution in [0.1, 0.15) is 63.0 Å². The summed E-state index contributed by atoms with van der Waals surface area (Å²) in [4.78, 5) is 26.3. The summed E-state index contributed by atoms with van der Waals surface area (Å²) in [7, 11) is 0. The quantitative estimate of drug-likeness (QED) is 0.397. The lowest BCUT2D eigenvalue weighted by Crippen LogP contribution is -2.34. The van der Waals surface area contributed by atoms with Gasteiger partial charge in [0.1, 0.15) is 0 Å². The number of carbonyl (C=O) groups excluding carboxylic acids is 2. The van der Waals surface area contributed by atoms with Gasteiger partial charge >= 0.3 is 6.09 Å². The second kappa shape index (κ2) is 10.7. The fourth-order valence-electron chi connectivity index (χ4n) is 3.35. The Labute approximate surface area is 217 Å². The average Bonchev–Trinajstić information content (AvgIpc) is 3.25. The zero-order valence-electron chi connectivity index (χ0n) is 22.2. The van der Waals surface area contributed by atoms with Gasteiger partial charge in [-0.25, -0.2) is 9.48 Å². The highest BCUT2D eigenvalue weighted by Crippen LogP contribution is 2.32. The molecule has 36 heavy (non-hydrogen) atoms. The second-order valence-corrected chi connectivity index (χ2v) is 11.8. The van der Waals surface area contributed by atoms with E-state index in [9.17, 15) is 9.59 Å². The number of hydrogen-bond donors (Lipinski definition) is 2. The van der Waals surface area contributed by atoms with Crippen LogP contribution >= 0.6 is 11.8 Å². The number of hydrogen-bond acceptors (Lipinski definition) is 6. The third kappa shape index (κ3) is 7.10. The van der Waals surface area contributed by atoms with Crippen molar-refractivity contribution in [1.82, 2.24) is 20.3 Å². The Bertz CT molecular complexity index is 1260. The number of nitrogens with zero attached hydrogens (tertiary/aromatic N) is 3. The van der Waals surface area contributed by atoms with Gasteiger partial charge in [-0.3, -0.25) is 4.79 Å². The highest BCUT2D eigenvalue weighted by molar-refractivity contribution is 7.98. The molecule has 1 aromatic heterocycles. The first kappa shape index (κ1) is 27.3. The summed E-state index contributed by atoms with van der Waals surface area (Å²) in [5, 5.41) is 13.8. The summed E-state index contributed by atoms with van der Waals surface area (Å²) >= 11 is 1.58. The summed E-state index contributed by atoms with van der Waals surface area (Å²) < 4.78 is 6.74. The highest BCUT2D eigenvalue weighted by Gasteiger charge is 2.18. The van der Waals surface area contributed by atoms with Crippen LogP contribution in [0.15, 0.2) is 47.5 Å². The van der Waals surface area contributed by atoms with E-state index in [1.54, 1.807) is 23.9 Å². The predicted octanol–water partition coefficient (Wildman–Crippen LogP) is 5.98. The monoisotopic (exact) mass is 509 g/mol. The number of anilines is 1. The second-order valence-electron chi connectivity index (χ2n) is 10.9. The van der Waals surface area contributed by atoms with Crippen LogP contribution < -0.4 is 15.4 Å². The van der Waals surface area contributed by atoms with Crippen LogP contribution in [0.3, 0.4) is 0 Å². The van der Waals surface area contributed by atoms with E-state index in [0.717, 1.165) is 21.7 Å². The minimum absolute atomic E-state index is 0.0377. The van der Waals surface area contributed by atoms with Crippen molar-refractivity contribution in [3.63, 3.8) is 0 Å². The predicted molar refractivity (Wildman–Crippen MR) is 144 cm³/mol. The molecule has 0 spiro atoms. The third-order valence-electron chi connectivity index (χ3n) is 5.46. The molecule has 192 valence electrons. The molecule has 0 aliphatic rings. The van der Waals surface area contributed by atoms with Gasteiger partial charge in [0.15, 0.2) is 0 Å². The van der Waals surface area contributed by atoms with Gasteiger partial charge in [0, 0.05) is 17.0 Å². The highest BCUT2D eigenvalue weighted by atomic mass is 32.2. The van der Waals surface area contributed by atoms with E-state index in [2.05, 4.69) is 47.8 Å². The van der Waals surface area contributed by atoms with Crippen LogP contribution in [0.25, 0.3) is 5.69 Å².